The van der Waals surface area contributed by atoms with Crippen molar-refractivity contribution in [2.75, 3.05) is 44.2 Å². The third-order valence-electron chi connectivity index (χ3n) is 6.54. The minimum absolute atomic E-state index is 0.200. The molecule has 1 aliphatic heterocycles. The number of aromatic nitrogens is 1. The van der Waals surface area contributed by atoms with Crippen molar-refractivity contribution in [1.82, 2.24) is 20.9 Å². The third-order valence-corrected chi connectivity index (χ3v) is 6.54. The van der Waals surface area contributed by atoms with Crippen LogP contribution < -0.4 is 20.9 Å². The number of anilines is 1. The molecule has 0 bridgehead atoms. The number of nitrogens with zero attached hydrogens (tertiary/aromatic N) is 1. The molecular weight excluding hydrogens is 413 g/mol. The van der Waals surface area contributed by atoms with Gasteiger partial charge >= 0.3 is 0 Å². The summed E-state index contributed by atoms with van der Waals surface area (Å²) in [7, 11) is 0. The number of nitrogens with one attached hydrogen (secondary N) is 4. The molecule has 0 unspecified atom stereocenters. The molecule has 0 amide bonds. The highest BCUT2D eigenvalue weighted by Gasteiger charge is 2.20. The summed E-state index contributed by atoms with van der Waals surface area (Å²) in [5, 5.41) is 11.5. The molecule has 178 valence electrons. The molecule has 0 spiro atoms. The van der Waals surface area contributed by atoms with E-state index in [0.717, 1.165) is 68.7 Å². The fraction of sp³-hybridized carbons (Fsp3) is 0.481. The molecular formula is C27H38FN5. The van der Waals surface area contributed by atoms with Crippen LogP contribution in [0.5, 0.6) is 0 Å². The van der Waals surface area contributed by atoms with Gasteiger partial charge in [-0.2, -0.15) is 0 Å². The van der Waals surface area contributed by atoms with Gasteiger partial charge in [0, 0.05) is 79.2 Å². The number of aryl methyl sites for hydroxylation is 1. The van der Waals surface area contributed by atoms with Crippen molar-refractivity contribution in [2.24, 2.45) is 0 Å². The van der Waals surface area contributed by atoms with Gasteiger partial charge in [0.05, 0.1) is 0 Å². The minimum atomic E-state index is -0.200. The fourth-order valence-corrected chi connectivity index (χ4v) is 4.63. The quantitative estimate of drug-likeness (QED) is 0.345. The number of aromatic amines is 1. The molecule has 1 aliphatic rings. The molecule has 1 fully saturated rings. The zero-order valence-corrected chi connectivity index (χ0v) is 20.2. The molecule has 6 heteroatoms. The second-order valence-corrected chi connectivity index (χ2v) is 9.49. The molecule has 5 nitrogen and oxygen atoms in total. The predicted octanol–water partition coefficient (Wildman–Crippen LogP) is 4.43. The molecule has 4 rings (SSSR count). The van der Waals surface area contributed by atoms with Gasteiger partial charge in [0.25, 0.3) is 0 Å². The summed E-state index contributed by atoms with van der Waals surface area (Å²) in [4.78, 5) is 5.94. The van der Waals surface area contributed by atoms with Crippen molar-refractivity contribution in [1.29, 1.82) is 0 Å². The van der Waals surface area contributed by atoms with E-state index in [1.807, 2.05) is 12.1 Å². The maximum Gasteiger partial charge on any atom is 0.123 e. The minimum Gasteiger partial charge on any atom is -0.371 e. The largest absolute Gasteiger partial charge is 0.371 e. The molecule has 3 aromatic rings. The van der Waals surface area contributed by atoms with Gasteiger partial charge in [-0.3, -0.25) is 0 Å². The summed E-state index contributed by atoms with van der Waals surface area (Å²) in [6.07, 6.45) is 2.31. The summed E-state index contributed by atoms with van der Waals surface area (Å²) in [6.45, 7) is 12.7. The Bertz CT molecular complexity index is 1040. The molecule has 2 aromatic carbocycles. The van der Waals surface area contributed by atoms with E-state index in [1.54, 1.807) is 6.07 Å². The Morgan fingerprint density at radius 1 is 1.00 bits per heavy atom. The Kier molecular flexibility index (Phi) is 8.02. The van der Waals surface area contributed by atoms with E-state index in [9.17, 15) is 4.39 Å². The van der Waals surface area contributed by atoms with Gasteiger partial charge in [0.2, 0.25) is 0 Å². The van der Waals surface area contributed by atoms with Crippen LogP contribution in [-0.4, -0.2) is 56.3 Å². The fourth-order valence-electron chi connectivity index (χ4n) is 4.63. The van der Waals surface area contributed by atoms with E-state index in [2.05, 4.69) is 64.8 Å². The maximum atomic E-state index is 13.6. The summed E-state index contributed by atoms with van der Waals surface area (Å²) in [6, 6.07) is 14.8. The van der Waals surface area contributed by atoms with Crippen LogP contribution in [0.15, 0.2) is 42.5 Å². The molecule has 0 atom stereocenters. The number of benzene rings is 2. The lowest BCUT2D eigenvalue weighted by Gasteiger charge is -2.34. The van der Waals surface area contributed by atoms with Crippen molar-refractivity contribution in [2.45, 2.75) is 45.7 Å². The first kappa shape index (κ1) is 23.7. The summed E-state index contributed by atoms with van der Waals surface area (Å²) in [5.74, 6) is -0.200. The van der Waals surface area contributed by atoms with Crippen LogP contribution in [0.3, 0.4) is 0 Å². The van der Waals surface area contributed by atoms with Crippen LogP contribution in [0.25, 0.3) is 22.2 Å². The molecule has 2 heterocycles. The monoisotopic (exact) mass is 451 g/mol. The lowest BCUT2D eigenvalue weighted by Crippen LogP contribution is -2.44. The predicted molar refractivity (Wildman–Crippen MR) is 138 cm³/mol. The van der Waals surface area contributed by atoms with Crippen molar-refractivity contribution in [3.63, 3.8) is 0 Å². The van der Waals surface area contributed by atoms with Gasteiger partial charge in [0.15, 0.2) is 0 Å². The van der Waals surface area contributed by atoms with E-state index in [1.165, 1.54) is 22.9 Å². The van der Waals surface area contributed by atoms with Crippen LogP contribution in [-0.2, 0) is 0 Å². The zero-order valence-electron chi connectivity index (χ0n) is 20.2. The molecule has 1 aromatic heterocycles. The maximum absolute atomic E-state index is 13.6. The van der Waals surface area contributed by atoms with Crippen molar-refractivity contribution in [3.8, 4) is 11.3 Å². The number of hydrogen-bond acceptors (Lipinski definition) is 4. The van der Waals surface area contributed by atoms with Gasteiger partial charge in [0.1, 0.15) is 5.82 Å². The first-order chi connectivity index (χ1) is 16.0. The van der Waals surface area contributed by atoms with Crippen LogP contribution >= 0.6 is 0 Å². The highest BCUT2D eigenvalue weighted by atomic mass is 19.1. The molecule has 33 heavy (non-hydrogen) atoms. The summed E-state index contributed by atoms with van der Waals surface area (Å²) >= 11 is 0. The average Bonchev–Trinajstić information content (AvgIpc) is 3.22. The first-order valence-electron chi connectivity index (χ1n) is 12.3. The Morgan fingerprint density at radius 2 is 1.79 bits per heavy atom. The topological polar surface area (TPSA) is 55.1 Å². The number of halogens is 1. The van der Waals surface area contributed by atoms with E-state index in [4.69, 9.17) is 0 Å². The number of piperidine rings is 1. The van der Waals surface area contributed by atoms with Crippen molar-refractivity contribution < 1.29 is 4.39 Å². The van der Waals surface area contributed by atoms with Crippen molar-refractivity contribution in [3.05, 3.63) is 53.8 Å². The lowest BCUT2D eigenvalue weighted by molar-refractivity contribution is 0.412. The number of hydrogen-bond donors (Lipinski definition) is 4. The van der Waals surface area contributed by atoms with Gasteiger partial charge in [-0.05, 0) is 61.7 Å². The number of H-pyrrole nitrogens is 1. The Labute approximate surface area is 197 Å². The Morgan fingerprint density at radius 3 is 2.58 bits per heavy atom. The average molecular weight is 452 g/mol. The highest BCUT2D eigenvalue weighted by Crippen LogP contribution is 2.31. The lowest BCUT2D eigenvalue weighted by atomic mass is 10.0. The SMILES string of the molecule is Cc1ccc(N2CCC(NCCNCCNC(C)C)CC2)cc1-c1cc2cc(F)ccc2[nH]1. The smallest absolute Gasteiger partial charge is 0.123 e. The molecule has 0 saturated carbocycles. The van der Waals surface area contributed by atoms with Gasteiger partial charge in [-0.25, -0.2) is 4.39 Å². The summed E-state index contributed by atoms with van der Waals surface area (Å²) in [5.41, 5.74) is 5.68. The van der Waals surface area contributed by atoms with Gasteiger partial charge in [-0.1, -0.05) is 19.9 Å². The summed E-state index contributed by atoms with van der Waals surface area (Å²) < 4.78 is 13.6. The number of rotatable bonds is 10. The Balaban J connectivity index is 1.29. The highest BCUT2D eigenvalue weighted by molar-refractivity contribution is 5.87. The molecule has 0 radical (unpaired) electrons. The van der Waals surface area contributed by atoms with Crippen LogP contribution in [0.4, 0.5) is 10.1 Å². The number of fused-ring (bicyclic) bond motifs is 1. The van der Waals surface area contributed by atoms with Crippen LogP contribution in [0.1, 0.15) is 32.3 Å². The first-order valence-corrected chi connectivity index (χ1v) is 12.3. The van der Waals surface area contributed by atoms with E-state index in [-0.39, 0.29) is 5.82 Å². The zero-order chi connectivity index (χ0) is 23.2. The third kappa shape index (κ3) is 6.34. The standard InChI is InChI=1S/C27H38FN5/c1-19(2)30-12-10-29-11-13-31-23-8-14-33(15-9-23)24-6-4-20(3)25(18-24)27-17-21-16-22(28)5-7-26(21)32-27/h4-7,16-19,23,29-32H,8-15H2,1-3H3. The molecule has 0 aliphatic carbocycles. The molecule has 1 saturated heterocycles. The van der Waals surface area contributed by atoms with Gasteiger partial charge in [-0.15, -0.1) is 0 Å². The molecule has 4 N–H and O–H groups in total. The second-order valence-electron chi connectivity index (χ2n) is 9.49. The van der Waals surface area contributed by atoms with Crippen LogP contribution in [0.2, 0.25) is 0 Å². The van der Waals surface area contributed by atoms with Gasteiger partial charge < -0.3 is 25.8 Å². The normalized spacial score (nSPS) is 15.1. The Hall–Kier alpha value is -2.41. The van der Waals surface area contributed by atoms with Crippen molar-refractivity contribution >= 4 is 16.6 Å². The van der Waals surface area contributed by atoms with E-state index >= 15 is 0 Å². The van der Waals surface area contributed by atoms with E-state index in [0.29, 0.717) is 12.1 Å². The van der Waals surface area contributed by atoms with Crippen LogP contribution in [0, 0.1) is 12.7 Å². The van der Waals surface area contributed by atoms with E-state index < -0.39 is 0 Å². The second kappa shape index (κ2) is 11.1.